The summed E-state index contributed by atoms with van der Waals surface area (Å²) in [5, 5.41) is 2.73. The summed E-state index contributed by atoms with van der Waals surface area (Å²) in [6, 6.07) is 2.93. The molecule has 0 radical (unpaired) electrons. The SMILES string of the molecule is Cc1cc2nc(NC(=O)C(C)(C)S(C)(=O)=O)sc2cc1F. The van der Waals surface area contributed by atoms with E-state index in [9.17, 15) is 17.6 Å². The molecule has 0 aliphatic rings. The van der Waals surface area contributed by atoms with Gasteiger partial charge in [0.15, 0.2) is 15.0 Å². The Balaban J connectivity index is 2.35. The standard InChI is InChI=1S/C13H15FN2O3S2/c1-7-5-9-10(6-8(7)14)20-12(15-9)16-11(17)13(2,3)21(4,18)19/h5-6H,1-4H3,(H,15,16,17). The second kappa shape index (κ2) is 5.03. The van der Waals surface area contributed by atoms with Gasteiger partial charge in [0.05, 0.1) is 10.2 Å². The number of anilines is 1. The molecule has 0 aliphatic carbocycles. The number of nitrogens with one attached hydrogen (secondary N) is 1. The molecule has 2 rings (SSSR count). The lowest BCUT2D eigenvalue weighted by Crippen LogP contribution is -2.43. The lowest BCUT2D eigenvalue weighted by molar-refractivity contribution is -0.117. The lowest BCUT2D eigenvalue weighted by atomic mass is 10.2. The van der Waals surface area contributed by atoms with E-state index in [0.29, 0.717) is 15.8 Å². The van der Waals surface area contributed by atoms with Crippen LogP contribution in [0.5, 0.6) is 0 Å². The third kappa shape index (κ3) is 2.91. The average molecular weight is 330 g/mol. The molecular weight excluding hydrogens is 315 g/mol. The van der Waals surface area contributed by atoms with Crippen molar-refractivity contribution >= 4 is 42.4 Å². The number of nitrogens with zero attached hydrogens (tertiary/aromatic N) is 1. The van der Waals surface area contributed by atoms with Crippen LogP contribution in [-0.2, 0) is 14.6 Å². The van der Waals surface area contributed by atoms with Crippen molar-refractivity contribution in [2.45, 2.75) is 25.5 Å². The van der Waals surface area contributed by atoms with Gasteiger partial charge in [0, 0.05) is 6.26 Å². The van der Waals surface area contributed by atoms with Crippen LogP contribution in [-0.4, -0.2) is 30.3 Å². The molecule has 0 saturated carbocycles. The number of hydrogen-bond acceptors (Lipinski definition) is 5. The smallest absolute Gasteiger partial charge is 0.247 e. The first-order valence-electron chi connectivity index (χ1n) is 6.10. The van der Waals surface area contributed by atoms with Crippen molar-refractivity contribution in [1.82, 2.24) is 4.98 Å². The van der Waals surface area contributed by atoms with Gasteiger partial charge in [0.2, 0.25) is 5.91 Å². The minimum atomic E-state index is -3.56. The first kappa shape index (κ1) is 15.8. The van der Waals surface area contributed by atoms with Crippen LogP contribution in [0.1, 0.15) is 19.4 Å². The van der Waals surface area contributed by atoms with Crippen molar-refractivity contribution in [2.24, 2.45) is 0 Å². The van der Waals surface area contributed by atoms with E-state index in [2.05, 4.69) is 10.3 Å². The molecule has 0 atom stereocenters. The number of carbonyl (C=O) groups is 1. The number of aromatic nitrogens is 1. The Morgan fingerprint density at radius 2 is 2.00 bits per heavy atom. The molecule has 2 aromatic rings. The van der Waals surface area contributed by atoms with Crippen molar-refractivity contribution < 1.29 is 17.6 Å². The van der Waals surface area contributed by atoms with Gasteiger partial charge in [-0.2, -0.15) is 0 Å². The predicted octanol–water partition coefficient (Wildman–Crippen LogP) is 2.51. The van der Waals surface area contributed by atoms with E-state index in [0.717, 1.165) is 17.6 Å². The molecule has 0 bridgehead atoms. The van der Waals surface area contributed by atoms with Crippen LogP contribution in [0.15, 0.2) is 12.1 Å². The number of rotatable bonds is 3. The Bertz CT molecular complexity index is 786. The zero-order valence-corrected chi connectivity index (χ0v) is 13.7. The Morgan fingerprint density at radius 1 is 1.38 bits per heavy atom. The Kier molecular flexibility index (Phi) is 3.79. The van der Waals surface area contributed by atoms with Crippen LogP contribution < -0.4 is 5.32 Å². The Labute approximate surface area is 126 Å². The van der Waals surface area contributed by atoms with E-state index in [-0.39, 0.29) is 10.9 Å². The maximum atomic E-state index is 13.5. The van der Waals surface area contributed by atoms with Crippen LogP contribution in [0, 0.1) is 12.7 Å². The number of benzene rings is 1. The minimum absolute atomic E-state index is 0.247. The number of sulfone groups is 1. The summed E-state index contributed by atoms with van der Waals surface area (Å²) in [5.41, 5.74) is 1.02. The molecule has 5 nitrogen and oxygen atoms in total. The van der Waals surface area contributed by atoms with Gasteiger partial charge in [-0.25, -0.2) is 17.8 Å². The molecule has 0 saturated heterocycles. The molecule has 0 unspecified atom stereocenters. The molecule has 1 N–H and O–H groups in total. The average Bonchev–Trinajstić information content (AvgIpc) is 2.69. The van der Waals surface area contributed by atoms with Crippen LogP contribution in [0.3, 0.4) is 0 Å². The summed E-state index contributed by atoms with van der Waals surface area (Å²) in [4.78, 5) is 16.3. The highest BCUT2D eigenvalue weighted by Gasteiger charge is 2.38. The second-order valence-corrected chi connectivity index (χ2v) is 8.92. The molecular formula is C13H15FN2O3S2. The lowest BCUT2D eigenvalue weighted by Gasteiger charge is -2.20. The molecule has 1 heterocycles. The molecule has 1 amide bonds. The van der Waals surface area contributed by atoms with E-state index in [1.807, 2.05) is 0 Å². The number of hydrogen-bond donors (Lipinski definition) is 1. The second-order valence-electron chi connectivity index (χ2n) is 5.32. The normalized spacial score (nSPS) is 12.6. The van der Waals surface area contributed by atoms with Crippen molar-refractivity contribution in [3.8, 4) is 0 Å². The number of fused-ring (bicyclic) bond motifs is 1. The van der Waals surface area contributed by atoms with Gasteiger partial charge in [-0.3, -0.25) is 4.79 Å². The van der Waals surface area contributed by atoms with E-state index in [4.69, 9.17) is 0 Å². The fourth-order valence-corrected chi connectivity index (χ4v) is 2.78. The molecule has 0 fully saturated rings. The van der Waals surface area contributed by atoms with Gasteiger partial charge in [0.25, 0.3) is 0 Å². The largest absolute Gasteiger partial charge is 0.301 e. The minimum Gasteiger partial charge on any atom is -0.301 e. The molecule has 114 valence electrons. The summed E-state index contributed by atoms with van der Waals surface area (Å²) in [6.45, 7) is 4.28. The van der Waals surface area contributed by atoms with E-state index in [1.54, 1.807) is 13.0 Å². The molecule has 1 aromatic carbocycles. The summed E-state index contributed by atoms with van der Waals surface area (Å²) < 4.78 is 35.7. The van der Waals surface area contributed by atoms with Gasteiger partial charge >= 0.3 is 0 Å². The quantitative estimate of drug-likeness (QED) is 0.938. The topological polar surface area (TPSA) is 76.1 Å². The van der Waals surface area contributed by atoms with Gasteiger partial charge in [-0.15, -0.1) is 0 Å². The molecule has 21 heavy (non-hydrogen) atoms. The Morgan fingerprint density at radius 3 is 2.57 bits per heavy atom. The summed E-state index contributed by atoms with van der Waals surface area (Å²) in [6.07, 6.45) is 1.00. The zero-order chi connectivity index (χ0) is 16.0. The zero-order valence-electron chi connectivity index (χ0n) is 12.0. The molecule has 0 aliphatic heterocycles. The first-order valence-corrected chi connectivity index (χ1v) is 8.81. The predicted molar refractivity (Wildman–Crippen MR) is 81.9 cm³/mol. The number of amides is 1. The fourth-order valence-electron chi connectivity index (χ4n) is 1.52. The van der Waals surface area contributed by atoms with Gasteiger partial charge in [-0.1, -0.05) is 11.3 Å². The maximum absolute atomic E-state index is 13.5. The molecule has 8 heteroatoms. The summed E-state index contributed by atoms with van der Waals surface area (Å²) >= 11 is 1.10. The number of halogens is 1. The van der Waals surface area contributed by atoms with Crippen LogP contribution in [0.4, 0.5) is 9.52 Å². The van der Waals surface area contributed by atoms with Crippen molar-refractivity contribution in [3.05, 3.63) is 23.5 Å². The summed E-state index contributed by atoms with van der Waals surface area (Å²) in [7, 11) is -3.56. The van der Waals surface area contributed by atoms with Crippen LogP contribution in [0.25, 0.3) is 10.2 Å². The van der Waals surface area contributed by atoms with Crippen molar-refractivity contribution in [3.63, 3.8) is 0 Å². The third-order valence-electron chi connectivity index (χ3n) is 3.36. The van der Waals surface area contributed by atoms with Crippen molar-refractivity contribution in [2.75, 3.05) is 11.6 Å². The van der Waals surface area contributed by atoms with E-state index in [1.165, 1.54) is 19.9 Å². The molecule has 1 aromatic heterocycles. The van der Waals surface area contributed by atoms with Crippen LogP contribution in [0.2, 0.25) is 0 Å². The highest BCUT2D eigenvalue weighted by atomic mass is 32.2. The maximum Gasteiger partial charge on any atom is 0.247 e. The van der Waals surface area contributed by atoms with E-state index >= 15 is 0 Å². The summed E-state index contributed by atoms with van der Waals surface area (Å²) in [5.74, 6) is -1.01. The van der Waals surface area contributed by atoms with Gasteiger partial charge in [-0.05, 0) is 38.5 Å². The first-order chi connectivity index (χ1) is 9.52. The van der Waals surface area contributed by atoms with Crippen molar-refractivity contribution in [1.29, 1.82) is 0 Å². The number of carbonyl (C=O) groups excluding carboxylic acids is 1. The molecule has 0 spiro atoms. The van der Waals surface area contributed by atoms with Gasteiger partial charge in [0.1, 0.15) is 10.6 Å². The fraction of sp³-hybridized carbons (Fsp3) is 0.385. The highest BCUT2D eigenvalue weighted by Crippen LogP contribution is 2.29. The van der Waals surface area contributed by atoms with Crippen LogP contribution >= 0.6 is 11.3 Å². The monoisotopic (exact) mass is 330 g/mol. The highest BCUT2D eigenvalue weighted by molar-refractivity contribution is 7.92. The Hall–Kier alpha value is -1.54. The number of aryl methyl sites for hydroxylation is 1. The van der Waals surface area contributed by atoms with E-state index < -0.39 is 20.5 Å². The third-order valence-corrected chi connectivity index (χ3v) is 6.34. The van der Waals surface area contributed by atoms with Gasteiger partial charge < -0.3 is 5.32 Å². The number of thiazole rings is 1.